The molecule has 2 aromatic rings. The fourth-order valence-electron chi connectivity index (χ4n) is 3.55. The second-order valence-corrected chi connectivity index (χ2v) is 7.54. The van der Waals surface area contributed by atoms with E-state index in [4.69, 9.17) is 0 Å². The summed E-state index contributed by atoms with van der Waals surface area (Å²) in [6.45, 7) is 4.17. The van der Waals surface area contributed by atoms with Gasteiger partial charge in [0.25, 0.3) is 0 Å². The second-order valence-electron chi connectivity index (χ2n) is 7.54. The fraction of sp³-hybridized carbons (Fsp3) is 0.522. The molecule has 148 valence electrons. The van der Waals surface area contributed by atoms with Gasteiger partial charge in [0.15, 0.2) is 0 Å². The quantitative estimate of drug-likeness (QED) is 0.321. The molecule has 0 radical (unpaired) electrons. The van der Waals surface area contributed by atoms with Crippen molar-refractivity contribution in [2.24, 2.45) is 0 Å². The number of carbonyl (C=O) groups is 1. The number of fused-ring (bicyclic) bond motifs is 1. The lowest BCUT2D eigenvalue weighted by molar-refractivity contribution is -0.110. The van der Waals surface area contributed by atoms with Crippen molar-refractivity contribution < 1.29 is 4.79 Å². The Morgan fingerprint density at radius 3 is 2.37 bits per heavy atom. The first kappa shape index (κ1) is 21.4. The minimum Gasteiger partial charge on any atom is -0.343 e. The number of hydrogen-bond donors (Lipinski definition) is 2. The predicted molar refractivity (Wildman–Crippen MR) is 115 cm³/mol. The van der Waals surface area contributed by atoms with Gasteiger partial charge in [-0.1, -0.05) is 56.2 Å². The average molecular weight is 370 g/mol. The number of hydrogen-bond acceptors (Lipinski definition) is 3. The van der Waals surface area contributed by atoms with Crippen LogP contribution in [0.1, 0.15) is 43.7 Å². The molecule has 0 heterocycles. The van der Waals surface area contributed by atoms with Crippen LogP contribution in [-0.4, -0.2) is 44.7 Å². The minimum atomic E-state index is -0.0426. The van der Waals surface area contributed by atoms with E-state index in [1.807, 2.05) is 0 Å². The van der Waals surface area contributed by atoms with Gasteiger partial charge in [-0.05, 0) is 68.3 Å². The van der Waals surface area contributed by atoms with Gasteiger partial charge in [-0.15, -0.1) is 0 Å². The van der Waals surface area contributed by atoms with Gasteiger partial charge in [-0.2, -0.15) is 0 Å². The van der Waals surface area contributed by atoms with Crippen LogP contribution in [0.4, 0.5) is 0 Å². The molecule has 0 aromatic heterocycles. The molecule has 0 fully saturated rings. The Balaban J connectivity index is 2.11. The Morgan fingerprint density at radius 1 is 1.00 bits per heavy atom. The van der Waals surface area contributed by atoms with Gasteiger partial charge in [0.1, 0.15) is 0 Å². The van der Waals surface area contributed by atoms with Gasteiger partial charge in [0, 0.05) is 6.42 Å². The van der Waals surface area contributed by atoms with Gasteiger partial charge in [-0.3, -0.25) is 10.1 Å². The molecular formula is C23H35N3O. The van der Waals surface area contributed by atoms with E-state index in [0.29, 0.717) is 0 Å². The number of rotatable bonds is 13. The zero-order valence-corrected chi connectivity index (χ0v) is 17.1. The Bertz CT molecular complexity index is 699. The molecule has 0 aliphatic rings. The van der Waals surface area contributed by atoms with Gasteiger partial charge in [0.2, 0.25) is 6.41 Å². The van der Waals surface area contributed by atoms with Crippen molar-refractivity contribution in [1.82, 2.24) is 15.5 Å². The second kappa shape index (κ2) is 11.7. The predicted octanol–water partition coefficient (Wildman–Crippen LogP) is 3.73. The van der Waals surface area contributed by atoms with E-state index in [1.54, 1.807) is 0 Å². The Morgan fingerprint density at radius 2 is 1.70 bits per heavy atom. The van der Waals surface area contributed by atoms with Gasteiger partial charge in [-0.25, -0.2) is 0 Å². The molecule has 27 heavy (non-hydrogen) atoms. The molecule has 0 unspecified atom stereocenters. The van der Waals surface area contributed by atoms with Crippen LogP contribution in [0.15, 0.2) is 36.4 Å². The van der Waals surface area contributed by atoms with Crippen molar-refractivity contribution in [3.05, 3.63) is 47.5 Å². The maximum atomic E-state index is 11.1. The lowest BCUT2D eigenvalue weighted by atomic mass is 9.94. The number of unbranched alkanes of at least 4 members (excludes halogenated alkanes) is 2. The third-order valence-corrected chi connectivity index (χ3v) is 5.02. The Labute approximate surface area is 164 Å². The van der Waals surface area contributed by atoms with Crippen LogP contribution in [-0.2, 0) is 17.6 Å². The van der Waals surface area contributed by atoms with Crippen LogP contribution in [0.3, 0.4) is 0 Å². The maximum Gasteiger partial charge on any atom is 0.208 e. The summed E-state index contributed by atoms with van der Waals surface area (Å²) in [5.41, 5.74) is 2.71. The summed E-state index contributed by atoms with van der Waals surface area (Å²) < 4.78 is 0. The molecule has 2 N–H and O–H groups in total. The smallest absolute Gasteiger partial charge is 0.208 e. The molecular weight excluding hydrogens is 334 g/mol. The van der Waals surface area contributed by atoms with E-state index in [2.05, 4.69) is 73.0 Å². The Hall–Kier alpha value is -1.91. The summed E-state index contributed by atoms with van der Waals surface area (Å²) in [6.07, 6.45) is 7.49. The van der Waals surface area contributed by atoms with E-state index in [1.165, 1.54) is 41.2 Å². The van der Waals surface area contributed by atoms with Crippen LogP contribution < -0.4 is 10.6 Å². The molecule has 0 spiro atoms. The first-order valence-corrected chi connectivity index (χ1v) is 10.2. The minimum absolute atomic E-state index is 0.0426. The van der Waals surface area contributed by atoms with E-state index in [0.717, 1.165) is 38.8 Å². The van der Waals surface area contributed by atoms with Crippen molar-refractivity contribution in [1.29, 1.82) is 0 Å². The highest BCUT2D eigenvalue weighted by atomic mass is 16.1. The third kappa shape index (κ3) is 6.96. The summed E-state index contributed by atoms with van der Waals surface area (Å²) in [4.78, 5) is 13.2. The average Bonchev–Trinajstić information content (AvgIpc) is 2.67. The van der Waals surface area contributed by atoms with E-state index in [9.17, 15) is 4.79 Å². The largest absolute Gasteiger partial charge is 0.343 e. The lowest BCUT2D eigenvalue weighted by Crippen LogP contribution is -2.44. The number of amides is 1. The van der Waals surface area contributed by atoms with Gasteiger partial charge in [0.05, 0.1) is 6.17 Å². The molecule has 0 aliphatic heterocycles. The van der Waals surface area contributed by atoms with Crippen molar-refractivity contribution in [3.63, 3.8) is 0 Å². The molecule has 0 aliphatic carbocycles. The molecule has 4 heteroatoms. The van der Waals surface area contributed by atoms with Crippen molar-refractivity contribution in [2.45, 2.75) is 51.6 Å². The SMILES string of the molecule is CCCCCc1ccc(C[C@@H](NC=O)NCCCN(C)C)c2ccccc12. The van der Waals surface area contributed by atoms with Crippen LogP contribution in [0.25, 0.3) is 10.8 Å². The topological polar surface area (TPSA) is 44.4 Å². The number of aryl methyl sites for hydroxylation is 1. The molecule has 2 rings (SSSR count). The lowest BCUT2D eigenvalue weighted by Gasteiger charge is -2.20. The number of carbonyl (C=O) groups excluding carboxylic acids is 1. The number of nitrogens with one attached hydrogen (secondary N) is 2. The molecule has 4 nitrogen and oxygen atoms in total. The maximum absolute atomic E-state index is 11.1. The summed E-state index contributed by atoms with van der Waals surface area (Å²) in [5, 5.41) is 9.07. The first-order chi connectivity index (χ1) is 13.2. The van der Waals surface area contributed by atoms with E-state index >= 15 is 0 Å². The zero-order valence-electron chi connectivity index (χ0n) is 17.1. The molecule has 0 bridgehead atoms. The van der Waals surface area contributed by atoms with Crippen molar-refractivity contribution >= 4 is 17.2 Å². The fourth-order valence-corrected chi connectivity index (χ4v) is 3.55. The highest BCUT2D eigenvalue weighted by Crippen LogP contribution is 2.25. The molecule has 1 amide bonds. The first-order valence-electron chi connectivity index (χ1n) is 10.2. The number of nitrogens with zero attached hydrogens (tertiary/aromatic N) is 1. The van der Waals surface area contributed by atoms with Crippen molar-refractivity contribution in [2.75, 3.05) is 27.2 Å². The third-order valence-electron chi connectivity index (χ3n) is 5.02. The zero-order chi connectivity index (χ0) is 19.5. The summed E-state index contributed by atoms with van der Waals surface area (Å²) in [5.74, 6) is 0. The Kier molecular flexibility index (Phi) is 9.29. The van der Waals surface area contributed by atoms with Gasteiger partial charge >= 0.3 is 0 Å². The summed E-state index contributed by atoms with van der Waals surface area (Å²) in [6, 6.07) is 13.2. The van der Waals surface area contributed by atoms with E-state index in [-0.39, 0.29) is 6.17 Å². The number of benzene rings is 2. The monoisotopic (exact) mass is 369 g/mol. The van der Waals surface area contributed by atoms with Crippen LogP contribution >= 0.6 is 0 Å². The molecule has 0 saturated heterocycles. The van der Waals surface area contributed by atoms with Crippen molar-refractivity contribution in [3.8, 4) is 0 Å². The summed E-state index contributed by atoms with van der Waals surface area (Å²) in [7, 11) is 4.16. The molecule has 2 aromatic carbocycles. The van der Waals surface area contributed by atoms with Gasteiger partial charge < -0.3 is 10.2 Å². The van der Waals surface area contributed by atoms with Crippen LogP contribution in [0.5, 0.6) is 0 Å². The summed E-state index contributed by atoms with van der Waals surface area (Å²) >= 11 is 0. The molecule has 0 saturated carbocycles. The van der Waals surface area contributed by atoms with E-state index < -0.39 is 0 Å². The van der Waals surface area contributed by atoms with Crippen LogP contribution in [0.2, 0.25) is 0 Å². The highest BCUT2D eigenvalue weighted by molar-refractivity contribution is 5.88. The standard InChI is InChI=1S/C23H35N3O/c1-4-5-6-10-19-13-14-20(22-12-8-7-11-21(19)22)17-23(25-18-27)24-15-9-16-26(2)3/h7-8,11-14,18,23-24H,4-6,9-10,15-17H2,1-3H3,(H,25,27)/t23-/m1/s1. The normalized spacial score (nSPS) is 12.4. The highest BCUT2D eigenvalue weighted by Gasteiger charge is 2.12. The molecule has 1 atom stereocenters. The van der Waals surface area contributed by atoms with Crippen LogP contribution in [0, 0.1) is 0 Å².